The molecule has 0 saturated carbocycles. The van der Waals surface area contributed by atoms with Crippen LogP contribution >= 0.6 is 11.6 Å². The van der Waals surface area contributed by atoms with Gasteiger partial charge in [0.1, 0.15) is 5.75 Å². The van der Waals surface area contributed by atoms with E-state index in [0.29, 0.717) is 17.1 Å². The summed E-state index contributed by atoms with van der Waals surface area (Å²) in [5.74, 6) is -0.409. The molecule has 0 atom stereocenters. The average Bonchev–Trinajstić information content (AvgIpc) is 2.71. The van der Waals surface area contributed by atoms with Crippen molar-refractivity contribution in [2.24, 2.45) is 0 Å². The molecular formula is C20H23ClN2O6S. The van der Waals surface area contributed by atoms with E-state index in [1.165, 1.54) is 30.7 Å². The molecule has 1 N–H and O–H groups in total. The maximum Gasteiger partial charge on any atom is 0.339 e. The number of halogens is 1. The first kappa shape index (κ1) is 23.5. The minimum absolute atomic E-state index is 0.0756. The fourth-order valence-corrected chi connectivity index (χ4v) is 3.88. The van der Waals surface area contributed by atoms with E-state index in [4.69, 9.17) is 16.3 Å². The third kappa shape index (κ3) is 6.36. The van der Waals surface area contributed by atoms with Gasteiger partial charge in [0.15, 0.2) is 0 Å². The number of carbonyl (C=O) groups excluding carboxylic acids is 2. The van der Waals surface area contributed by atoms with E-state index >= 15 is 0 Å². The molecule has 8 nitrogen and oxygen atoms in total. The maximum absolute atomic E-state index is 12.3. The highest BCUT2D eigenvalue weighted by molar-refractivity contribution is 7.92. The highest BCUT2D eigenvalue weighted by atomic mass is 35.5. The van der Waals surface area contributed by atoms with E-state index in [-0.39, 0.29) is 35.9 Å². The summed E-state index contributed by atoms with van der Waals surface area (Å²) in [5.41, 5.74) is 0.980. The van der Waals surface area contributed by atoms with Crippen molar-refractivity contribution in [1.29, 1.82) is 0 Å². The summed E-state index contributed by atoms with van der Waals surface area (Å²) in [6, 6.07) is 11.1. The Morgan fingerprint density at radius 2 is 1.87 bits per heavy atom. The molecule has 2 aromatic carbocycles. The summed E-state index contributed by atoms with van der Waals surface area (Å²) in [6.45, 7) is 0.119. The topological polar surface area (TPSA) is 102 Å². The molecule has 0 aliphatic heterocycles. The molecule has 2 rings (SSSR count). The summed E-state index contributed by atoms with van der Waals surface area (Å²) < 4.78 is 35.4. The van der Waals surface area contributed by atoms with Crippen LogP contribution in [0, 0.1) is 0 Å². The van der Waals surface area contributed by atoms with Gasteiger partial charge in [-0.15, -0.1) is 0 Å². The fourth-order valence-electron chi connectivity index (χ4n) is 2.73. The lowest BCUT2D eigenvalue weighted by Crippen LogP contribution is -2.31. The monoisotopic (exact) mass is 454 g/mol. The van der Waals surface area contributed by atoms with Gasteiger partial charge >= 0.3 is 5.97 Å². The number of hydrogen-bond donors (Lipinski definition) is 1. The zero-order valence-corrected chi connectivity index (χ0v) is 18.4. The Morgan fingerprint density at radius 1 is 1.13 bits per heavy atom. The Bertz CT molecular complexity index is 1030. The molecule has 0 aromatic heterocycles. The number of ether oxygens (including phenoxy) is 2. The summed E-state index contributed by atoms with van der Waals surface area (Å²) in [7, 11) is -0.810. The van der Waals surface area contributed by atoms with E-state index < -0.39 is 16.0 Å². The molecule has 10 heteroatoms. The molecule has 30 heavy (non-hydrogen) atoms. The van der Waals surface area contributed by atoms with Crippen LogP contribution in [-0.4, -0.2) is 47.3 Å². The Kier molecular flexibility index (Phi) is 8.08. The Labute approximate surface area is 180 Å². The number of nitrogens with one attached hydrogen (secondary N) is 1. The van der Waals surface area contributed by atoms with Crippen LogP contribution in [0.4, 0.5) is 11.4 Å². The number of esters is 1. The largest absolute Gasteiger partial charge is 0.497 e. The summed E-state index contributed by atoms with van der Waals surface area (Å²) in [6.07, 6.45) is 1.47. The van der Waals surface area contributed by atoms with E-state index in [1.54, 1.807) is 30.3 Å². The maximum atomic E-state index is 12.3. The van der Waals surface area contributed by atoms with E-state index in [1.807, 2.05) is 0 Å². The van der Waals surface area contributed by atoms with Crippen LogP contribution in [0.1, 0.15) is 23.2 Å². The summed E-state index contributed by atoms with van der Waals surface area (Å²) in [4.78, 5) is 24.0. The highest BCUT2D eigenvalue weighted by Crippen LogP contribution is 2.24. The molecule has 0 bridgehead atoms. The predicted molar refractivity (Wildman–Crippen MR) is 116 cm³/mol. The van der Waals surface area contributed by atoms with Crippen molar-refractivity contribution in [3.8, 4) is 5.75 Å². The van der Waals surface area contributed by atoms with Crippen molar-refractivity contribution in [2.75, 3.05) is 36.6 Å². The molecule has 0 aliphatic carbocycles. The molecule has 162 valence electrons. The molecule has 0 heterocycles. The first-order chi connectivity index (χ1) is 14.2. The van der Waals surface area contributed by atoms with Crippen molar-refractivity contribution in [2.45, 2.75) is 12.8 Å². The van der Waals surface area contributed by atoms with Crippen LogP contribution in [0.15, 0.2) is 42.5 Å². The summed E-state index contributed by atoms with van der Waals surface area (Å²) in [5, 5.41) is 2.88. The van der Waals surface area contributed by atoms with E-state index in [9.17, 15) is 18.0 Å². The van der Waals surface area contributed by atoms with Crippen LogP contribution in [0.5, 0.6) is 5.75 Å². The molecule has 1 amide bonds. The second-order valence-corrected chi connectivity index (χ2v) is 8.69. The van der Waals surface area contributed by atoms with Gasteiger partial charge in [-0.25, -0.2) is 13.2 Å². The fraction of sp³-hybridized carbons (Fsp3) is 0.300. The average molecular weight is 455 g/mol. The molecule has 0 aliphatic rings. The SMILES string of the molecule is COC(=O)c1cc(NC(=O)CCCN(c2cccc(OC)c2)S(C)(=O)=O)ccc1Cl. The van der Waals surface area contributed by atoms with E-state index in [2.05, 4.69) is 10.1 Å². The van der Waals surface area contributed by atoms with Gasteiger partial charge in [-0.3, -0.25) is 9.10 Å². The van der Waals surface area contributed by atoms with Crippen LogP contribution in [-0.2, 0) is 19.6 Å². The molecule has 0 unspecified atom stereocenters. The lowest BCUT2D eigenvalue weighted by molar-refractivity contribution is -0.116. The number of nitrogens with zero attached hydrogens (tertiary/aromatic N) is 1. The number of benzene rings is 2. The van der Waals surface area contributed by atoms with Gasteiger partial charge in [-0.2, -0.15) is 0 Å². The van der Waals surface area contributed by atoms with Crippen molar-refractivity contribution >= 4 is 44.9 Å². The van der Waals surface area contributed by atoms with Gasteiger partial charge < -0.3 is 14.8 Å². The number of sulfonamides is 1. The molecule has 0 spiro atoms. The van der Waals surface area contributed by atoms with Gasteiger partial charge in [0.25, 0.3) is 0 Å². The molecule has 0 fully saturated rings. The molecule has 0 saturated heterocycles. The quantitative estimate of drug-likeness (QED) is 0.583. The number of rotatable bonds is 9. The predicted octanol–water partition coefficient (Wildman–Crippen LogP) is 3.32. The molecule has 2 aromatic rings. The number of amides is 1. The smallest absolute Gasteiger partial charge is 0.339 e. The van der Waals surface area contributed by atoms with Crippen molar-refractivity contribution < 1.29 is 27.5 Å². The van der Waals surface area contributed by atoms with Gasteiger partial charge in [-0.05, 0) is 36.8 Å². The number of methoxy groups -OCH3 is 2. The first-order valence-corrected chi connectivity index (χ1v) is 11.2. The Morgan fingerprint density at radius 3 is 2.50 bits per heavy atom. The number of carbonyl (C=O) groups is 2. The van der Waals surface area contributed by atoms with Gasteiger partial charge in [-0.1, -0.05) is 17.7 Å². The van der Waals surface area contributed by atoms with Crippen LogP contribution in [0.25, 0.3) is 0 Å². The first-order valence-electron chi connectivity index (χ1n) is 8.95. The third-order valence-electron chi connectivity index (χ3n) is 4.16. The number of anilines is 2. The minimum atomic E-state index is -3.54. The van der Waals surface area contributed by atoms with Crippen LogP contribution < -0.4 is 14.4 Å². The van der Waals surface area contributed by atoms with Crippen molar-refractivity contribution in [3.05, 3.63) is 53.1 Å². The molecular weight excluding hydrogens is 432 g/mol. The zero-order valence-electron chi connectivity index (χ0n) is 16.8. The van der Waals surface area contributed by atoms with Crippen molar-refractivity contribution in [1.82, 2.24) is 0 Å². The Hall–Kier alpha value is -2.78. The molecule has 0 radical (unpaired) electrons. The minimum Gasteiger partial charge on any atom is -0.497 e. The Balaban J connectivity index is 2.02. The van der Waals surface area contributed by atoms with Crippen LogP contribution in [0.3, 0.4) is 0 Å². The second-order valence-electron chi connectivity index (χ2n) is 6.37. The van der Waals surface area contributed by atoms with Gasteiger partial charge in [0.2, 0.25) is 15.9 Å². The van der Waals surface area contributed by atoms with Crippen molar-refractivity contribution in [3.63, 3.8) is 0 Å². The van der Waals surface area contributed by atoms with Gasteiger partial charge in [0.05, 0.1) is 36.7 Å². The zero-order chi connectivity index (χ0) is 22.3. The van der Waals surface area contributed by atoms with Crippen LogP contribution in [0.2, 0.25) is 5.02 Å². The van der Waals surface area contributed by atoms with E-state index in [0.717, 1.165) is 6.26 Å². The lowest BCUT2D eigenvalue weighted by Gasteiger charge is -2.22. The summed E-state index contributed by atoms with van der Waals surface area (Å²) >= 11 is 5.96. The number of hydrogen-bond acceptors (Lipinski definition) is 6. The standard InChI is InChI=1S/C20H23ClN2O6S/c1-28-16-7-4-6-15(13-16)23(30(3,26)27)11-5-8-19(24)22-14-9-10-18(21)17(12-14)20(25)29-2/h4,6-7,9-10,12-13H,5,8,11H2,1-3H3,(H,22,24). The lowest BCUT2D eigenvalue weighted by atomic mass is 10.2. The third-order valence-corrected chi connectivity index (χ3v) is 5.69. The highest BCUT2D eigenvalue weighted by Gasteiger charge is 2.18. The normalized spacial score (nSPS) is 10.9. The second kappa shape index (κ2) is 10.3. The van der Waals surface area contributed by atoms with Gasteiger partial charge in [0, 0.05) is 24.7 Å².